The van der Waals surface area contributed by atoms with Crippen LogP contribution >= 0.6 is 0 Å². The minimum Gasteiger partial charge on any atom is -0.207 e. The maximum Gasteiger partial charge on any atom is 0.276 e. The number of piperidine rings is 1. The van der Waals surface area contributed by atoms with Crippen LogP contribution in [0.1, 0.15) is 93.2 Å². The van der Waals surface area contributed by atoms with Gasteiger partial charge in [-0.2, -0.15) is 17.8 Å². The van der Waals surface area contributed by atoms with Gasteiger partial charge >= 0.3 is 0 Å². The normalized spacial score (nSPS) is 18.7. The molecule has 7 nitrogen and oxygen atoms in total. The summed E-state index contributed by atoms with van der Waals surface area (Å²) in [5.74, 6) is 0. The Balaban J connectivity index is 1.87. The predicted molar refractivity (Wildman–Crippen MR) is 154 cm³/mol. The fraction of sp³-hybridized carbons (Fsp3) is 0.552. The van der Waals surface area contributed by atoms with Crippen molar-refractivity contribution < 1.29 is 16.8 Å². The van der Waals surface area contributed by atoms with E-state index in [1.54, 1.807) is 28.6 Å². The molecule has 0 amide bonds. The molecule has 0 saturated carbocycles. The van der Waals surface area contributed by atoms with Crippen molar-refractivity contribution in [2.75, 3.05) is 0 Å². The zero-order valence-corrected chi connectivity index (χ0v) is 26.0. The highest BCUT2D eigenvalue weighted by molar-refractivity contribution is 7.89. The van der Waals surface area contributed by atoms with Crippen LogP contribution in [0, 0.1) is 0 Å². The molecule has 0 unspecified atom stereocenters. The van der Waals surface area contributed by atoms with E-state index in [2.05, 4.69) is 51.5 Å². The summed E-state index contributed by atoms with van der Waals surface area (Å²) in [5.41, 5.74) is 0.861. The van der Waals surface area contributed by atoms with E-state index >= 15 is 0 Å². The van der Waals surface area contributed by atoms with Crippen molar-refractivity contribution in [3.05, 3.63) is 59.7 Å². The summed E-state index contributed by atoms with van der Waals surface area (Å²) < 4.78 is 55.2. The number of rotatable bonds is 5. The molecule has 1 N–H and O–H groups in total. The van der Waals surface area contributed by atoms with E-state index in [1.807, 2.05) is 52.0 Å². The van der Waals surface area contributed by atoms with Crippen LogP contribution in [0.2, 0.25) is 0 Å². The Kier molecular flexibility index (Phi) is 7.78. The first-order chi connectivity index (χ1) is 17.1. The summed E-state index contributed by atoms with van der Waals surface area (Å²) in [6.45, 7) is 19.9. The Labute approximate surface area is 229 Å². The Morgan fingerprint density at radius 2 is 1.05 bits per heavy atom. The average Bonchev–Trinajstić information content (AvgIpc) is 2.75. The van der Waals surface area contributed by atoms with Gasteiger partial charge in [0.15, 0.2) is 0 Å². The van der Waals surface area contributed by atoms with Gasteiger partial charge in [-0.1, -0.05) is 65.8 Å². The predicted octanol–water partition coefficient (Wildman–Crippen LogP) is 5.96. The van der Waals surface area contributed by atoms with Gasteiger partial charge in [0.1, 0.15) is 0 Å². The molecule has 1 aliphatic heterocycles. The molecule has 0 aliphatic carbocycles. The summed E-state index contributed by atoms with van der Waals surface area (Å²) in [7, 11) is -7.69. The smallest absolute Gasteiger partial charge is 0.207 e. The molecular weight excluding hydrogens is 518 g/mol. The second-order valence-corrected chi connectivity index (χ2v) is 17.0. The summed E-state index contributed by atoms with van der Waals surface area (Å²) in [6, 6.07) is 13.9. The Hall–Kier alpha value is -2.23. The summed E-state index contributed by atoms with van der Waals surface area (Å²) in [4.78, 5) is 2.75. The lowest BCUT2D eigenvalue weighted by molar-refractivity contribution is 0.103. The standard InChI is InChI=1S/C29H43N3O4S2/c1-26(2,3)21-11-15-24(16-12-21)37(33,34)31-30-23-19-28(7,8)32(29(9,10)20-23)38(35,36)25-17-13-22(14-18-25)27(4,5)6/h11-18,31H,19-20H2,1-10H3. The van der Waals surface area contributed by atoms with Gasteiger partial charge in [-0.05, 0) is 73.9 Å². The highest BCUT2D eigenvalue weighted by Crippen LogP contribution is 2.41. The summed E-state index contributed by atoms with van der Waals surface area (Å²) in [6.07, 6.45) is 0.586. The molecule has 1 heterocycles. The van der Waals surface area contributed by atoms with Crippen LogP contribution in [-0.2, 0) is 30.9 Å². The molecule has 1 saturated heterocycles. The number of hydrazone groups is 1. The van der Waals surface area contributed by atoms with Crippen LogP contribution in [0.15, 0.2) is 63.4 Å². The monoisotopic (exact) mass is 561 g/mol. The number of sulfonamides is 2. The van der Waals surface area contributed by atoms with E-state index in [0.717, 1.165) is 11.1 Å². The summed E-state index contributed by atoms with van der Waals surface area (Å²) in [5, 5.41) is 4.28. The lowest BCUT2D eigenvalue weighted by atomic mass is 9.81. The van der Waals surface area contributed by atoms with Crippen molar-refractivity contribution in [1.82, 2.24) is 9.14 Å². The number of nitrogens with zero attached hydrogens (tertiary/aromatic N) is 2. The molecule has 1 fully saturated rings. The van der Waals surface area contributed by atoms with E-state index in [9.17, 15) is 16.8 Å². The number of hydrogen-bond acceptors (Lipinski definition) is 5. The second-order valence-electron chi connectivity index (χ2n) is 13.6. The van der Waals surface area contributed by atoms with E-state index in [4.69, 9.17) is 0 Å². The molecule has 0 atom stereocenters. The Morgan fingerprint density at radius 1 is 0.684 bits per heavy atom. The second kappa shape index (κ2) is 9.75. The molecule has 1 aliphatic rings. The maximum absolute atomic E-state index is 13.9. The van der Waals surface area contributed by atoms with E-state index in [-0.39, 0.29) is 20.6 Å². The first-order valence-electron chi connectivity index (χ1n) is 12.9. The zero-order chi connectivity index (χ0) is 28.9. The van der Waals surface area contributed by atoms with Crippen molar-refractivity contribution >= 4 is 25.8 Å². The van der Waals surface area contributed by atoms with E-state index < -0.39 is 31.1 Å². The topological polar surface area (TPSA) is 95.9 Å². The fourth-order valence-corrected chi connectivity index (χ4v) is 8.27. The first-order valence-corrected chi connectivity index (χ1v) is 15.8. The van der Waals surface area contributed by atoms with Gasteiger partial charge in [-0.15, -0.1) is 0 Å². The highest BCUT2D eigenvalue weighted by atomic mass is 32.2. The molecule has 2 aromatic carbocycles. The maximum atomic E-state index is 13.9. The Bertz CT molecular complexity index is 1390. The quantitative estimate of drug-likeness (QED) is 0.456. The van der Waals surface area contributed by atoms with Gasteiger partial charge in [-0.25, -0.2) is 13.2 Å². The zero-order valence-electron chi connectivity index (χ0n) is 24.4. The van der Waals surface area contributed by atoms with Gasteiger partial charge in [0.25, 0.3) is 10.0 Å². The van der Waals surface area contributed by atoms with E-state index in [1.165, 1.54) is 0 Å². The molecule has 210 valence electrons. The first kappa shape index (κ1) is 30.3. The fourth-order valence-electron chi connectivity index (χ4n) is 5.30. The van der Waals surface area contributed by atoms with Crippen LogP contribution in [0.3, 0.4) is 0 Å². The largest absolute Gasteiger partial charge is 0.276 e. The molecule has 0 aromatic heterocycles. The molecule has 38 heavy (non-hydrogen) atoms. The summed E-state index contributed by atoms with van der Waals surface area (Å²) >= 11 is 0. The third-order valence-electron chi connectivity index (χ3n) is 6.99. The van der Waals surface area contributed by atoms with Crippen molar-refractivity contribution in [3.8, 4) is 0 Å². The van der Waals surface area contributed by atoms with Crippen molar-refractivity contribution in [3.63, 3.8) is 0 Å². The van der Waals surface area contributed by atoms with Crippen molar-refractivity contribution in [1.29, 1.82) is 0 Å². The average molecular weight is 562 g/mol. The van der Waals surface area contributed by atoms with Gasteiger partial charge < -0.3 is 0 Å². The molecule has 0 spiro atoms. The van der Waals surface area contributed by atoms with Crippen molar-refractivity contribution in [2.45, 2.75) is 114 Å². The SMILES string of the molecule is CC(C)(C)c1ccc(S(=O)(=O)NN=C2CC(C)(C)N(S(=O)(=O)c3ccc(C(C)(C)C)cc3)C(C)(C)C2)cc1. The third kappa shape index (κ3) is 6.32. The lowest BCUT2D eigenvalue weighted by Gasteiger charge is -2.51. The van der Waals surface area contributed by atoms with Gasteiger partial charge in [0.2, 0.25) is 10.0 Å². The minimum atomic E-state index is -3.87. The Morgan fingerprint density at radius 3 is 1.42 bits per heavy atom. The van der Waals surface area contributed by atoms with Crippen molar-refractivity contribution in [2.24, 2.45) is 5.10 Å². The molecule has 0 radical (unpaired) electrons. The third-order valence-corrected chi connectivity index (χ3v) is 10.5. The molecule has 3 rings (SSSR count). The molecule has 2 aromatic rings. The minimum absolute atomic E-state index is 0.0840. The van der Waals surface area contributed by atoms with Crippen LogP contribution in [0.4, 0.5) is 0 Å². The molecule has 9 heteroatoms. The lowest BCUT2D eigenvalue weighted by Crippen LogP contribution is -2.63. The molecular formula is C29H43N3O4S2. The molecule has 0 bridgehead atoms. The van der Waals surface area contributed by atoms with E-state index in [0.29, 0.717) is 18.6 Å². The van der Waals surface area contributed by atoms with Gasteiger partial charge in [-0.3, -0.25) is 0 Å². The van der Waals surface area contributed by atoms with Crippen LogP contribution < -0.4 is 4.83 Å². The number of nitrogens with one attached hydrogen (secondary N) is 1. The number of benzene rings is 2. The number of hydrogen-bond donors (Lipinski definition) is 1. The van der Waals surface area contributed by atoms with Gasteiger partial charge in [0.05, 0.1) is 9.79 Å². The van der Waals surface area contributed by atoms with Gasteiger partial charge in [0, 0.05) is 29.6 Å². The van der Waals surface area contributed by atoms with Crippen LogP contribution in [0.25, 0.3) is 0 Å². The highest BCUT2D eigenvalue weighted by Gasteiger charge is 2.51. The van der Waals surface area contributed by atoms with Crippen LogP contribution in [-0.4, -0.2) is 37.9 Å². The van der Waals surface area contributed by atoms with Crippen LogP contribution in [0.5, 0.6) is 0 Å².